The van der Waals surface area contributed by atoms with Crippen LogP contribution in [0.4, 0.5) is 5.69 Å². The molecular formula is C15H21N3O2. The first-order valence-corrected chi connectivity index (χ1v) is 7.07. The molecule has 0 radical (unpaired) electrons. The van der Waals surface area contributed by atoms with Crippen LogP contribution in [0, 0.1) is 0 Å². The second kappa shape index (κ2) is 7.05. The molecule has 20 heavy (non-hydrogen) atoms. The Balaban J connectivity index is 1.92. The Morgan fingerprint density at radius 1 is 1.30 bits per heavy atom. The average molecular weight is 275 g/mol. The molecular weight excluding hydrogens is 254 g/mol. The van der Waals surface area contributed by atoms with Crippen LogP contribution in [0.15, 0.2) is 24.3 Å². The van der Waals surface area contributed by atoms with Crippen molar-refractivity contribution in [1.29, 1.82) is 0 Å². The van der Waals surface area contributed by atoms with E-state index >= 15 is 0 Å². The number of nitrogens with two attached hydrogens (primary N) is 1. The molecule has 0 spiro atoms. The van der Waals surface area contributed by atoms with Crippen molar-refractivity contribution in [2.45, 2.75) is 25.7 Å². The van der Waals surface area contributed by atoms with Crippen LogP contribution < -0.4 is 16.0 Å². The van der Waals surface area contributed by atoms with Gasteiger partial charge in [-0.25, -0.2) is 0 Å². The van der Waals surface area contributed by atoms with Crippen LogP contribution in [-0.4, -0.2) is 31.4 Å². The SMILES string of the molecule is NCCCC(=O)NCC(=O)N1CCCc2ccccc21. The lowest BCUT2D eigenvalue weighted by atomic mass is 10.0. The quantitative estimate of drug-likeness (QED) is 0.835. The van der Waals surface area contributed by atoms with Crippen molar-refractivity contribution in [2.24, 2.45) is 5.73 Å². The summed E-state index contributed by atoms with van der Waals surface area (Å²) < 4.78 is 0. The zero-order valence-electron chi connectivity index (χ0n) is 11.6. The van der Waals surface area contributed by atoms with Crippen LogP contribution in [0.1, 0.15) is 24.8 Å². The van der Waals surface area contributed by atoms with Crippen LogP contribution in [0.2, 0.25) is 0 Å². The van der Waals surface area contributed by atoms with E-state index in [0.717, 1.165) is 18.5 Å². The minimum atomic E-state index is -0.117. The maximum atomic E-state index is 12.2. The molecule has 0 saturated heterocycles. The fraction of sp³-hybridized carbons (Fsp3) is 0.467. The van der Waals surface area contributed by atoms with Gasteiger partial charge in [0.15, 0.2) is 0 Å². The predicted molar refractivity (Wildman–Crippen MR) is 78.4 cm³/mol. The summed E-state index contributed by atoms with van der Waals surface area (Å²) in [4.78, 5) is 25.5. The van der Waals surface area contributed by atoms with Gasteiger partial charge in [-0.1, -0.05) is 18.2 Å². The highest BCUT2D eigenvalue weighted by Gasteiger charge is 2.21. The van der Waals surface area contributed by atoms with Gasteiger partial charge in [-0.15, -0.1) is 0 Å². The first-order valence-electron chi connectivity index (χ1n) is 7.07. The molecule has 1 heterocycles. The molecule has 1 aromatic carbocycles. The maximum absolute atomic E-state index is 12.2. The molecule has 108 valence electrons. The Labute approximate surface area is 119 Å². The van der Waals surface area contributed by atoms with Crippen LogP contribution in [0.25, 0.3) is 0 Å². The molecule has 5 heteroatoms. The van der Waals surface area contributed by atoms with E-state index in [1.165, 1.54) is 5.56 Å². The average Bonchev–Trinajstić information content (AvgIpc) is 2.50. The zero-order valence-corrected chi connectivity index (χ0v) is 11.6. The van der Waals surface area contributed by atoms with Gasteiger partial charge in [-0.05, 0) is 37.4 Å². The number of amides is 2. The molecule has 1 aromatic rings. The van der Waals surface area contributed by atoms with Gasteiger partial charge >= 0.3 is 0 Å². The molecule has 3 N–H and O–H groups in total. The number of carbonyl (C=O) groups is 2. The molecule has 1 aliphatic heterocycles. The third-order valence-electron chi connectivity index (χ3n) is 3.46. The summed E-state index contributed by atoms with van der Waals surface area (Å²) in [5.74, 6) is -0.174. The van der Waals surface area contributed by atoms with Gasteiger partial charge in [0.2, 0.25) is 11.8 Å². The van der Waals surface area contributed by atoms with E-state index in [-0.39, 0.29) is 18.4 Å². The van der Waals surface area contributed by atoms with Crippen LogP contribution in [0.5, 0.6) is 0 Å². The smallest absolute Gasteiger partial charge is 0.246 e. The summed E-state index contributed by atoms with van der Waals surface area (Å²) in [6.45, 7) is 1.26. The second-order valence-electron chi connectivity index (χ2n) is 4.95. The largest absolute Gasteiger partial charge is 0.347 e. The molecule has 0 unspecified atom stereocenters. The predicted octanol–water partition coefficient (Wildman–Crippen LogP) is 0.821. The number of benzene rings is 1. The highest BCUT2D eigenvalue weighted by Crippen LogP contribution is 2.26. The number of nitrogens with one attached hydrogen (secondary N) is 1. The van der Waals surface area contributed by atoms with Gasteiger partial charge in [-0.2, -0.15) is 0 Å². The summed E-state index contributed by atoms with van der Waals surface area (Å²) in [6, 6.07) is 7.93. The number of hydrogen-bond donors (Lipinski definition) is 2. The van der Waals surface area contributed by atoms with E-state index in [9.17, 15) is 9.59 Å². The standard InChI is InChI=1S/C15H21N3O2/c16-9-3-8-14(19)17-11-15(20)18-10-4-6-12-5-1-2-7-13(12)18/h1-2,5,7H,3-4,6,8-11,16H2,(H,17,19). The van der Waals surface area contributed by atoms with Crippen LogP contribution in [0.3, 0.4) is 0 Å². The van der Waals surface area contributed by atoms with Crippen molar-refractivity contribution in [3.05, 3.63) is 29.8 Å². The number of carbonyl (C=O) groups excluding carboxylic acids is 2. The van der Waals surface area contributed by atoms with E-state index in [1.54, 1.807) is 4.90 Å². The Kier molecular flexibility index (Phi) is 5.12. The molecule has 1 aliphatic rings. The van der Waals surface area contributed by atoms with Crippen LogP contribution in [-0.2, 0) is 16.0 Å². The molecule has 5 nitrogen and oxygen atoms in total. The number of anilines is 1. The maximum Gasteiger partial charge on any atom is 0.246 e. The number of nitrogens with zero attached hydrogens (tertiary/aromatic N) is 1. The van der Waals surface area contributed by atoms with Gasteiger partial charge in [0.1, 0.15) is 0 Å². The lowest BCUT2D eigenvalue weighted by Crippen LogP contribution is -2.42. The Morgan fingerprint density at radius 3 is 2.90 bits per heavy atom. The second-order valence-corrected chi connectivity index (χ2v) is 4.95. The number of para-hydroxylation sites is 1. The molecule has 0 aromatic heterocycles. The van der Waals surface area contributed by atoms with E-state index < -0.39 is 0 Å². The Morgan fingerprint density at radius 2 is 2.10 bits per heavy atom. The molecule has 0 atom stereocenters. The topological polar surface area (TPSA) is 75.4 Å². The van der Waals surface area contributed by atoms with E-state index in [4.69, 9.17) is 5.73 Å². The summed E-state index contributed by atoms with van der Waals surface area (Å²) >= 11 is 0. The lowest BCUT2D eigenvalue weighted by Gasteiger charge is -2.29. The lowest BCUT2D eigenvalue weighted by molar-refractivity contribution is -0.125. The Bertz CT molecular complexity index is 488. The first-order chi connectivity index (χ1) is 9.72. The first kappa shape index (κ1) is 14.5. The summed E-state index contributed by atoms with van der Waals surface area (Å²) in [6.07, 6.45) is 2.99. The third-order valence-corrected chi connectivity index (χ3v) is 3.46. The normalized spacial score (nSPS) is 13.8. The number of rotatable bonds is 5. The molecule has 0 aliphatic carbocycles. The van der Waals surface area contributed by atoms with Crippen molar-refractivity contribution in [2.75, 3.05) is 24.5 Å². The van der Waals surface area contributed by atoms with E-state index in [1.807, 2.05) is 18.2 Å². The van der Waals surface area contributed by atoms with Gasteiger partial charge in [0, 0.05) is 18.7 Å². The van der Waals surface area contributed by atoms with Crippen LogP contribution >= 0.6 is 0 Å². The molecule has 0 fully saturated rings. The highest BCUT2D eigenvalue weighted by molar-refractivity contribution is 5.97. The van der Waals surface area contributed by atoms with Crippen molar-refractivity contribution in [1.82, 2.24) is 5.32 Å². The molecule has 2 amide bonds. The number of fused-ring (bicyclic) bond motifs is 1. The van der Waals surface area contributed by atoms with Crippen molar-refractivity contribution in [3.8, 4) is 0 Å². The van der Waals surface area contributed by atoms with Gasteiger partial charge in [-0.3, -0.25) is 9.59 Å². The van der Waals surface area contributed by atoms with Gasteiger partial charge < -0.3 is 16.0 Å². The minimum absolute atomic E-state index is 0.0533. The minimum Gasteiger partial charge on any atom is -0.347 e. The zero-order chi connectivity index (χ0) is 14.4. The number of hydrogen-bond acceptors (Lipinski definition) is 3. The Hall–Kier alpha value is -1.88. The fourth-order valence-corrected chi connectivity index (χ4v) is 2.41. The highest BCUT2D eigenvalue weighted by atomic mass is 16.2. The van der Waals surface area contributed by atoms with E-state index in [2.05, 4.69) is 11.4 Å². The summed E-state index contributed by atoms with van der Waals surface area (Å²) in [5.41, 5.74) is 7.52. The van der Waals surface area contributed by atoms with Gasteiger partial charge in [0.25, 0.3) is 0 Å². The van der Waals surface area contributed by atoms with Crippen molar-refractivity contribution >= 4 is 17.5 Å². The van der Waals surface area contributed by atoms with Gasteiger partial charge in [0.05, 0.1) is 6.54 Å². The third kappa shape index (κ3) is 3.57. The van der Waals surface area contributed by atoms with E-state index in [0.29, 0.717) is 25.9 Å². The number of aryl methyl sites for hydroxylation is 1. The van der Waals surface area contributed by atoms with Crippen molar-refractivity contribution < 1.29 is 9.59 Å². The van der Waals surface area contributed by atoms with Crippen molar-refractivity contribution in [3.63, 3.8) is 0 Å². The molecule has 2 rings (SSSR count). The summed E-state index contributed by atoms with van der Waals surface area (Å²) in [7, 11) is 0. The molecule has 0 saturated carbocycles. The summed E-state index contributed by atoms with van der Waals surface area (Å²) in [5, 5.41) is 2.66. The fourth-order valence-electron chi connectivity index (χ4n) is 2.41. The molecule has 0 bridgehead atoms. The monoisotopic (exact) mass is 275 g/mol.